The van der Waals surface area contributed by atoms with E-state index in [1.165, 1.54) is 18.2 Å². The number of amides is 1. The number of carbonyl (C=O) groups is 3. The Kier molecular flexibility index (Phi) is 2.80. The van der Waals surface area contributed by atoms with E-state index in [4.69, 9.17) is 0 Å². The van der Waals surface area contributed by atoms with Gasteiger partial charge in [0.1, 0.15) is 11.2 Å². The van der Waals surface area contributed by atoms with Gasteiger partial charge in [0, 0.05) is 5.92 Å². The van der Waals surface area contributed by atoms with Crippen molar-refractivity contribution < 1.29 is 18.8 Å². The van der Waals surface area contributed by atoms with Crippen LogP contribution in [0.5, 0.6) is 0 Å². The fourth-order valence-corrected chi connectivity index (χ4v) is 3.88. The minimum Gasteiger partial charge on any atom is -0.323 e. The van der Waals surface area contributed by atoms with Crippen LogP contribution in [0.4, 0.5) is 10.1 Å². The van der Waals surface area contributed by atoms with Gasteiger partial charge in [-0.05, 0) is 30.4 Å². The molecular formula is C16H16FNO3. The lowest BCUT2D eigenvalue weighted by Crippen LogP contribution is -2.47. The van der Waals surface area contributed by atoms with Gasteiger partial charge in [-0.25, -0.2) is 4.39 Å². The lowest BCUT2D eigenvalue weighted by Gasteiger charge is -2.33. The standard InChI is InChI=1S/C16H16FNO3/c1-15(2)9-7-8-16(15,13(20)12(9)19)14(21)18-11-6-4-3-5-10(11)17/h3-6,9H,7-8H2,1-2H3,(H,18,21)/t9-,16+/m1/s1. The highest BCUT2D eigenvalue weighted by Crippen LogP contribution is 2.62. The molecular weight excluding hydrogens is 273 g/mol. The molecule has 2 saturated carbocycles. The van der Waals surface area contributed by atoms with Crippen LogP contribution in [-0.4, -0.2) is 17.5 Å². The summed E-state index contributed by atoms with van der Waals surface area (Å²) in [6.45, 7) is 3.54. The maximum atomic E-state index is 13.7. The van der Waals surface area contributed by atoms with Gasteiger partial charge in [0.2, 0.25) is 17.5 Å². The first kappa shape index (κ1) is 13.9. The monoisotopic (exact) mass is 289 g/mol. The minimum atomic E-state index is -1.36. The lowest BCUT2D eigenvalue weighted by molar-refractivity contribution is -0.147. The third-order valence-electron chi connectivity index (χ3n) is 5.22. The van der Waals surface area contributed by atoms with Crippen molar-refractivity contribution in [3.05, 3.63) is 30.1 Å². The molecule has 21 heavy (non-hydrogen) atoms. The first-order valence-electron chi connectivity index (χ1n) is 6.97. The van der Waals surface area contributed by atoms with Crippen molar-refractivity contribution in [1.29, 1.82) is 0 Å². The highest BCUT2D eigenvalue weighted by Gasteiger charge is 2.72. The second-order valence-electron chi connectivity index (χ2n) is 6.35. The number of anilines is 1. The largest absolute Gasteiger partial charge is 0.323 e. The van der Waals surface area contributed by atoms with Crippen LogP contribution in [0.2, 0.25) is 0 Å². The number of halogens is 1. The van der Waals surface area contributed by atoms with Crippen LogP contribution in [0.1, 0.15) is 26.7 Å². The lowest BCUT2D eigenvalue weighted by atomic mass is 9.68. The fraction of sp³-hybridized carbons (Fsp3) is 0.438. The average Bonchev–Trinajstić information content (AvgIpc) is 2.78. The van der Waals surface area contributed by atoms with E-state index in [1.54, 1.807) is 19.9 Å². The van der Waals surface area contributed by atoms with Crippen molar-refractivity contribution in [2.24, 2.45) is 16.7 Å². The number of benzene rings is 1. The normalized spacial score (nSPS) is 29.8. The van der Waals surface area contributed by atoms with E-state index < -0.39 is 40.0 Å². The molecule has 3 rings (SSSR count). The molecule has 0 radical (unpaired) electrons. The van der Waals surface area contributed by atoms with Gasteiger partial charge in [0.05, 0.1) is 5.69 Å². The quantitative estimate of drug-likeness (QED) is 0.671. The summed E-state index contributed by atoms with van der Waals surface area (Å²) in [7, 11) is 0. The summed E-state index contributed by atoms with van der Waals surface area (Å²) in [5, 5.41) is 2.49. The maximum Gasteiger partial charge on any atom is 0.239 e. The molecule has 1 N–H and O–H groups in total. The molecule has 1 amide bonds. The third-order valence-corrected chi connectivity index (χ3v) is 5.22. The predicted octanol–water partition coefficient (Wildman–Crippen LogP) is 2.34. The number of nitrogens with one attached hydrogen (secondary N) is 1. The number of hydrogen-bond donors (Lipinski definition) is 1. The number of carbonyl (C=O) groups excluding carboxylic acids is 3. The summed E-state index contributed by atoms with van der Waals surface area (Å²) in [6, 6.07) is 5.78. The summed E-state index contributed by atoms with van der Waals surface area (Å²) in [5.74, 6) is -2.63. The Morgan fingerprint density at radius 2 is 1.95 bits per heavy atom. The molecule has 1 aromatic carbocycles. The summed E-state index contributed by atoms with van der Waals surface area (Å²) >= 11 is 0. The molecule has 0 unspecified atom stereocenters. The van der Waals surface area contributed by atoms with Crippen LogP contribution in [0, 0.1) is 22.6 Å². The molecule has 2 aliphatic carbocycles. The first-order chi connectivity index (χ1) is 9.82. The van der Waals surface area contributed by atoms with Gasteiger partial charge >= 0.3 is 0 Å². The molecule has 0 aliphatic heterocycles. The van der Waals surface area contributed by atoms with Crippen molar-refractivity contribution in [1.82, 2.24) is 0 Å². The van der Waals surface area contributed by atoms with Crippen molar-refractivity contribution in [3.8, 4) is 0 Å². The molecule has 0 heterocycles. The van der Waals surface area contributed by atoms with E-state index in [1.807, 2.05) is 0 Å². The van der Waals surface area contributed by atoms with Crippen molar-refractivity contribution in [2.45, 2.75) is 26.7 Å². The Balaban J connectivity index is 1.99. The van der Waals surface area contributed by atoms with E-state index in [9.17, 15) is 18.8 Å². The summed E-state index contributed by atoms with van der Waals surface area (Å²) in [6.07, 6.45) is 0.873. The number of ketones is 2. The Labute approximate surface area is 121 Å². The number of hydrogen-bond acceptors (Lipinski definition) is 3. The van der Waals surface area contributed by atoms with Crippen molar-refractivity contribution in [3.63, 3.8) is 0 Å². The smallest absolute Gasteiger partial charge is 0.239 e. The fourth-order valence-electron chi connectivity index (χ4n) is 3.88. The van der Waals surface area contributed by atoms with Crippen LogP contribution < -0.4 is 5.32 Å². The zero-order chi connectivity index (χ0) is 15.4. The van der Waals surface area contributed by atoms with Gasteiger partial charge in [0.25, 0.3) is 0 Å². The van der Waals surface area contributed by atoms with Gasteiger partial charge in [0.15, 0.2) is 0 Å². The number of para-hydroxylation sites is 1. The third kappa shape index (κ3) is 1.57. The van der Waals surface area contributed by atoms with Gasteiger partial charge in [-0.15, -0.1) is 0 Å². The van der Waals surface area contributed by atoms with E-state index in [-0.39, 0.29) is 5.69 Å². The molecule has 2 atom stereocenters. The first-order valence-corrected chi connectivity index (χ1v) is 6.97. The number of fused-ring (bicyclic) bond motifs is 2. The Morgan fingerprint density at radius 3 is 2.52 bits per heavy atom. The van der Waals surface area contributed by atoms with Crippen molar-refractivity contribution in [2.75, 3.05) is 5.32 Å². The van der Waals surface area contributed by atoms with Crippen LogP contribution in [-0.2, 0) is 14.4 Å². The average molecular weight is 289 g/mol. The van der Waals surface area contributed by atoms with Gasteiger partial charge in [-0.3, -0.25) is 14.4 Å². The molecule has 5 heteroatoms. The van der Waals surface area contributed by atoms with Crippen LogP contribution in [0.15, 0.2) is 24.3 Å². The van der Waals surface area contributed by atoms with E-state index >= 15 is 0 Å². The minimum absolute atomic E-state index is 0.0308. The zero-order valence-electron chi connectivity index (χ0n) is 11.9. The number of Topliss-reactive ketones (excluding diaryl/α,β-unsaturated/α-hetero) is 2. The molecule has 4 nitrogen and oxygen atoms in total. The van der Waals surface area contributed by atoms with E-state index in [0.29, 0.717) is 12.8 Å². The highest BCUT2D eigenvalue weighted by molar-refractivity contribution is 6.48. The maximum absolute atomic E-state index is 13.7. The SMILES string of the molecule is CC1(C)[C@@H]2CC[C@@]1(C(=O)Nc1ccccc1F)C(=O)C2=O. The molecule has 2 aliphatic rings. The van der Waals surface area contributed by atoms with Crippen LogP contribution >= 0.6 is 0 Å². The summed E-state index contributed by atoms with van der Waals surface area (Å²) in [5.41, 5.74) is -2.06. The Hall–Kier alpha value is -2.04. The number of rotatable bonds is 2. The Bertz CT molecular complexity index is 667. The van der Waals surface area contributed by atoms with Gasteiger partial charge in [-0.2, -0.15) is 0 Å². The summed E-state index contributed by atoms with van der Waals surface area (Å²) < 4.78 is 13.7. The molecule has 110 valence electrons. The second-order valence-corrected chi connectivity index (χ2v) is 6.35. The zero-order valence-corrected chi connectivity index (χ0v) is 11.9. The molecule has 0 spiro atoms. The summed E-state index contributed by atoms with van der Waals surface area (Å²) in [4.78, 5) is 37.0. The molecule has 1 aromatic rings. The Morgan fingerprint density at radius 1 is 1.29 bits per heavy atom. The van der Waals surface area contributed by atoms with Crippen LogP contribution in [0.3, 0.4) is 0 Å². The van der Waals surface area contributed by atoms with Gasteiger partial charge < -0.3 is 5.32 Å². The molecule has 2 fully saturated rings. The molecule has 0 saturated heterocycles. The topological polar surface area (TPSA) is 63.2 Å². The van der Waals surface area contributed by atoms with E-state index in [0.717, 1.165) is 0 Å². The highest BCUT2D eigenvalue weighted by atomic mass is 19.1. The predicted molar refractivity (Wildman–Crippen MR) is 74.0 cm³/mol. The molecule has 2 bridgehead atoms. The van der Waals surface area contributed by atoms with Gasteiger partial charge in [-0.1, -0.05) is 26.0 Å². The van der Waals surface area contributed by atoms with Crippen molar-refractivity contribution >= 4 is 23.2 Å². The second kappa shape index (κ2) is 4.23. The van der Waals surface area contributed by atoms with E-state index in [2.05, 4.69) is 5.32 Å². The molecule has 0 aromatic heterocycles. The van der Waals surface area contributed by atoms with Crippen LogP contribution in [0.25, 0.3) is 0 Å².